The second-order valence-electron chi connectivity index (χ2n) is 5.84. The fourth-order valence-corrected chi connectivity index (χ4v) is 3.42. The summed E-state index contributed by atoms with van der Waals surface area (Å²) in [5, 5.41) is 3.07. The molecule has 1 fully saturated rings. The normalized spacial score (nSPS) is 18.8. The SMILES string of the molecule is C=CCSCC(=O)NC[C@H]1CCCN(Cc2ccccc2)C1. The molecule has 1 saturated heterocycles. The van der Waals surface area contributed by atoms with E-state index in [0.717, 1.165) is 31.9 Å². The van der Waals surface area contributed by atoms with Gasteiger partial charge in [-0.3, -0.25) is 9.69 Å². The van der Waals surface area contributed by atoms with Crippen LogP contribution in [0.5, 0.6) is 0 Å². The molecule has 1 N–H and O–H groups in total. The highest BCUT2D eigenvalue weighted by molar-refractivity contribution is 8.00. The first-order valence-electron chi connectivity index (χ1n) is 7.99. The van der Waals surface area contributed by atoms with Crippen LogP contribution < -0.4 is 5.32 Å². The van der Waals surface area contributed by atoms with Gasteiger partial charge in [0.2, 0.25) is 5.91 Å². The Labute approximate surface area is 138 Å². The second-order valence-corrected chi connectivity index (χ2v) is 6.87. The van der Waals surface area contributed by atoms with Gasteiger partial charge < -0.3 is 5.32 Å². The van der Waals surface area contributed by atoms with Gasteiger partial charge in [-0.25, -0.2) is 0 Å². The van der Waals surface area contributed by atoms with E-state index in [0.29, 0.717) is 11.7 Å². The number of hydrogen-bond acceptors (Lipinski definition) is 3. The molecule has 1 aliphatic rings. The summed E-state index contributed by atoms with van der Waals surface area (Å²) in [6.07, 6.45) is 4.27. The Morgan fingerprint density at radius 2 is 2.23 bits per heavy atom. The quantitative estimate of drug-likeness (QED) is 0.591. The van der Waals surface area contributed by atoms with Gasteiger partial charge in [0.25, 0.3) is 0 Å². The number of carbonyl (C=O) groups is 1. The predicted octanol–water partition coefficient (Wildman–Crippen LogP) is 2.93. The zero-order valence-electron chi connectivity index (χ0n) is 13.2. The van der Waals surface area contributed by atoms with Crippen LogP contribution in [0.25, 0.3) is 0 Å². The molecule has 0 bridgehead atoms. The van der Waals surface area contributed by atoms with Crippen molar-refractivity contribution in [3.63, 3.8) is 0 Å². The van der Waals surface area contributed by atoms with Crippen LogP contribution in [0.1, 0.15) is 18.4 Å². The van der Waals surface area contributed by atoms with Crippen molar-refractivity contribution in [2.45, 2.75) is 19.4 Å². The van der Waals surface area contributed by atoms with E-state index in [4.69, 9.17) is 0 Å². The predicted molar refractivity (Wildman–Crippen MR) is 95.0 cm³/mol. The molecule has 1 aliphatic heterocycles. The van der Waals surface area contributed by atoms with Crippen LogP contribution in [-0.2, 0) is 11.3 Å². The summed E-state index contributed by atoms with van der Waals surface area (Å²) < 4.78 is 0. The molecule has 0 aromatic heterocycles. The van der Waals surface area contributed by atoms with E-state index in [1.807, 2.05) is 6.08 Å². The maximum Gasteiger partial charge on any atom is 0.230 e. The van der Waals surface area contributed by atoms with E-state index in [1.165, 1.54) is 18.4 Å². The number of likely N-dealkylation sites (tertiary alicyclic amines) is 1. The highest BCUT2D eigenvalue weighted by Gasteiger charge is 2.20. The molecule has 1 amide bonds. The van der Waals surface area contributed by atoms with Crippen molar-refractivity contribution in [2.75, 3.05) is 31.1 Å². The van der Waals surface area contributed by atoms with Crippen LogP contribution >= 0.6 is 11.8 Å². The van der Waals surface area contributed by atoms with Crippen LogP contribution in [0, 0.1) is 5.92 Å². The largest absolute Gasteiger partial charge is 0.355 e. The molecule has 1 atom stereocenters. The molecule has 1 aromatic carbocycles. The number of amides is 1. The summed E-state index contributed by atoms with van der Waals surface area (Å²) in [4.78, 5) is 14.3. The summed E-state index contributed by atoms with van der Waals surface area (Å²) in [6, 6.07) is 10.6. The van der Waals surface area contributed by atoms with Gasteiger partial charge in [-0.1, -0.05) is 36.4 Å². The zero-order chi connectivity index (χ0) is 15.6. The molecule has 2 rings (SSSR count). The molecule has 0 radical (unpaired) electrons. The molecule has 0 aliphatic carbocycles. The standard InChI is InChI=1S/C18H26N2OS/c1-2-11-22-15-18(21)19-12-17-9-6-10-20(14-17)13-16-7-4-3-5-8-16/h2-5,7-8,17H,1,6,9-15H2,(H,19,21)/t17-/m1/s1. The third-order valence-electron chi connectivity index (χ3n) is 3.91. The average Bonchev–Trinajstić information content (AvgIpc) is 2.55. The minimum absolute atomic E-state index is 0.145. The number of carbonyl (C=O) groups excluding carboxylic acids is 1. The first kappa shape index (κ1) is 17.1. The second kappa shape index (κ2) is 9.70. The molecular formula is C18H26N2OS. The number of nitrogens with zero attached hydrogens (tertiary/aromatic N) is 1. The summed E-state index contributed by atoms with van der Waals surface area (Å²) in [6.45, 7) is 7.72. The van der Waals surface area contributed by atoms with Gasteiger partial charge in [-0.2, -0.15) is 0 Å². The maximum absolute atomic E-state index is 11.8. The lowest BCUT2D eigenvalue weighted by Gasteiger charge is -2.32. The summed E-state index contributed by atoms with van der Waals surface area (Å²) in [7, 11) is 0. The third-order valence-corrected chi connectivity index (χ3v) is 4.85. The molecule has 4 heteroatoms. The molecular weight excluding hydrogens is 292 g/mol. The lowest BCUT2D eigenvalue weighted by Crippen LogP contribution is -2.40. The molecule has 0 saturated carbocycles. The monoisotopic (exact) mass is 318 g/mol. The highest BCUT2D eigenvalue weighted by atomic mass is 32.2. The first-order chi connectivity index (χ1) is 10.8. The van der Waals surface area contributed by atoms with Gasteiger partial charge in [0, 0.05) is 25.4 Å². The zero-order valence-corrected chi connectivity index (χ0v) is 14.0. The fraction of sp³-hybridized carbons (Fsp3) is 0.500. The highest BCUT2D eigenvalue weighted by Crippen LogP contribution is 2.18. The topological polar surface area (TPSA) is 32.3 Å². The van der Waals surface area contributed by atoms with Gasteiger partial charge in [0.1, 0.15) is 0 Å². The number of piperidine rings is 1. The Hall–Kier alpha value is -1.26. The van der Waals surface area contributed by atoms with Crippen LogP contribution in [0.15, 0.2) is 43.0 Å². The van der Waals surface area contributed by atoms with Gasteiger partial charge in [-0.15, -0.1) is 18.3 Å². The van der Waals surface area contributed by atoms with Crippen molar-refractivity contribution in [3.8, 4) is 0 Å². The molecule has 22 heavy (non-hydrogen) atoms. The van der Waals surface area contributed by atoms with E-state index in [2.05, 4.69) is 47.1 Å². The van der Waals surface area contributed by atoms with E-state index in [9.17, 15) is 4.79 Å². The fourth-order valence-electron chi connectivity index (χ4n) is 2.85. The number of benzene rings is 1. The first-order valence-corrected chi connectivity index (χ1v) is 9.15. The maximum atomic E-state index is 11.8. The molecule has 0 spiro atoms. The van der Waals surface area contributed by atoms with Crippen LogP contribution in [0.4, 0.5) is 0 Å². The molecule has 120 valence electrons. The van der Waals surface area contributed by atoms with E-state index in [1.54, 1.807) is 11.8 Å². The number of rotatable bonds is 8. The van der Waals surface area contributed by atoms with Crippen molar-refractivity contribution in [2.24, 2.45) is 5.92 Å². The van der Waals surface area contributed by atoms with Crippen LogP contribution in [-0.4, -0.2) is 41.9 Å². The number of nitrogens with one attached hydrogen (secondary N) is 1. The Bertz CT molecular complexity index is 463. The lowest BCUT2D eigenvalue weighted by atomic mass is 9.97. The Morgan fingerprint density at radius 3 is 3.00 bits per heavy atom. The summed E-state index contributed by atoms with van der Waals surface area (Å²) in [5.41, 5.74) is 1.37. The lowest BCUT2D eigenvalue weighted by molar-refractivity contribution is -0.118. The van der Waals surface area contributed by atoms with Gasteiger partial charge in [0.15, 0.2) is 0 Å². The van der Waals surface area contributed by atoms with E-state index in [-0.39, 0.29) is 5.91 Å². The van der Waals surface area contributed by atoms with Gasteiger partial charge >= 0.3 is 0 Å². The van der Waals surface area contributed by atoms with Gasteiger partial charge in [-0.05, 0) is 30.9 Å². The smallest absolute Gasteiger partial charge is 0.230 e. The molecule has 0 unspecified atom stereocenters. The van der Waals surface area contributed by atoms with Crippen LogP contribution in [0.2, 0.25) is 0 Å². The number of hydrogen-bond donors (Lipinski definition) is 1. The van der Waals surface area contributed by atoms with Crippen molar-refractivity contribution < 1.29 is 4.79 Å². The summed E-state index contributed by atoms with van der Waals surface area (Å²) >= 11 is 1.61. The van der Waals surface area contributed by atoms with E-state index >= 15 is 0 Å². The Morgan fingerprint density at radius 1 is 1.41 bits per heavy atom. The van der Waals surface area contributed by atoms with Crippen molar-refractivity contribution in [1.82, 2.24) is 10.2 Å². The molecule has 3 nitrogen and oxygen atoms in total. The molecule has 1 heterocycles. The van der Waals surface area contributed by atoms with Crippen molar-refractivity contribution >= 4 is 17.7 Å². The summed E-state index contributed by atoms with van der Waals surface area (Å²) in [5.74, 6) is 2.09. The third kappa shape index (κ3) is 6.24. The molecule has 1 aromatic rings. The average molecular weight is 318 g/mol. The minimum atomic E-state index is 0.145. The van der Waals surface area contributed by atoms with Crippen molar-refractivity contribution in [1.29, 1.82) is 0 Å². The van der Waals surface area contributed by atoms with Crippen molar-refractivity contribution in [3.05, 3.63) is 48.6 Å². The minimum Gasteiger partial charge on any atom is -0.355 e. The Kier molecular flexibility index (Phi) is 7.54. The number of thioether (sulfide) groups is 1. The van der Waals surface area contributed by atoms with Crippen LogP contribution in [0.3, 0.4) is 0 Å². The van der Waals surface area contributed by atoms with E-state index < -0.39 is 0 Å². The van der Waals surface area contributed by atoms with Gasteiger partial charge in [0.05, 0.1) is 5.75 Å². The Balaban J connectivity index is 1.69.